The van der Waals surface area contributed by atoms with Crippen molar-refractivity contribution in [2.45, 2.75) is 12.2 Å². The normalized spacial score (nSPS) is 14.5. The van der Waals surface area contributed by atoms with E-state index in [4.69, 9.17) is 16.7 Å². The standard InChI is InChI=1S/C9H10ClNO4S/c10-6-2-1-4(7(11-6)9(14)15)8(13)5(12)3-16/h1-2,5,8,12-13,16H,3H2,(H,14,15). The number of aromatic carboxylic acids is 1. The SMILES string of the molecule is O=C(O)c1nc(Cl)ccc1C(O)C(O)CS. The number of rotatable bonds is 4. The predicted octanol–water partition coefficient (Wildman–Crippen LogP) is 0.757. The minimum Gasteiger partial charge on any atom is -0.476 e. The Kier molecular flexibility index (Phi) is 4.55. The third kappa shape index (κ3) is 2.85. The van der Waals surface area contributed by atoms with Crippen LogP contribution < -0.4 is 0 Å². The second-order valence-electron chi connectivity index (χ2n) is 3.07. The molecule has 2 atom stereocenters. The van der Waals surface area contributed by atoms with E-state index in [-0.39, 0.29) is 22.2 Å². The Morgan fingerprint density at radius 3 is 2.62 bits per heavy atom. The van der Waals surface area contributed by atoms with E-state index in [1.54, 1.807) is 0 Å². The monoisotopic (exact) mass is 263 g/mol. The summed E-state index contributed by atoms with van der Waals surface area (Å²) in [5, 5.41) is 27.9. The summed E-state index contributed by atoms with van der Waals surface area (Å²) in [5.41, 5.74) is -0.362. The number of pyridine rings is 1. The molecule has 0 aliphatic rings. The van der Waals surface area contributed by atoms with Gasteiger partial charge >= 0.3 is 5.97 Å². The fraction of sp³-hybridized carbons (Fsp3) is 0.333. The maximum Gasteiger partial charge on any atom is 0.354 e. The van der Waals surface area contributed by atoms with Gasteiger partial charge in [0, 0.05) is 11.3 Å². The molecule has 0 aromatic carbocycles. The molecule has 1 rings (SSSR count). The number of carbonyl (C=O) groups is 1. The molecular formula is C9H10ClNO4S. The number of aliphatic hydroxyl groups is 2. The Morgan fingerprint density at radius 1 is 1.50 bits per heavy atom. The Hall–Kier alpha value is -0.820. The van der Waals surface area contributed by atoms with Crippen LogP contribution in [0.5, 0.6) is 0 Å². The number of thiol groups is 1. The third-order valence-corrected chi connectivity index (χ3v) is 2.55. The number of hydrogen-bond donors (Lipinski definition) is 4. The van der Waals surface area contributed by atoms with Crippen LogP contribution in [0.3, 0.4) is 0 Å². The molecular weight excluding hydrogens is 254 g/mol. The molecule has 2 unspecified atom stereocenters. The summed E-state index contributed by atoms with van der Waals surface area (Å²) in [7, 11) is 0. The van der Waals surface area contributed by atoms with Gasteiger partial charge in [-0.2, -0.15) is 12.6 Å². The maximum atomic E-state index is 10.9. The van der Waals surface area contributed by atoms with E-state index in [1.807, 2.05) is 0 Å². The van der Waals surface area contributed by atoms with Crippen LogP contribution in [0.1, 0.15) is 22.2 Å². The number of aliphatic hydroxyl groups excluding tert-OH is 2. The first-order valence-electron chi connectivity index (χ1n) is 4.34. The van der Waals surface area contributed by atoms with Crippen molar-refractivity contribution in [2.75, 3.05) is 5.75 Å². The van der Waals surface area contributed by atoms with Crippen LogP contribution in [0.2, 0.25) is 5.15 Å². The second-order valence-corrected chi connectivity index (χ2v) is 3.82. The molecule has 1 aromatic heterocycles. The van der Waals surface area contributed by atoms with E-state index in [0.29, 0.717) is 0 Å². The molecule has 0 aliphatic carbocycles. The van der Waals surface area contributed by atoms with Crippen molar-refractivity contribution in [3.8, 4) is 0 Å². The lowest BCUT2D eigenvalue weighted by molar-refractivity contribution is 0.0319. The van der Waals surface area contributed by atoms with Gasteiger partial charge in [-0.3, -0.25) is 0 Å². The van der Waals surface area contributed by atoms with Gasteiger partial charge < -0.3 is 15.3 Å². The molecule has 7 heteroatoms. The molecule has 0 saturated heterocycles. The Balaban J connectivity index is 3.17. The molecule has 0 saturated carbocycles. The van der Waals surface area contributed by atoms with Gasteiger partial charge in [0.1, 0.15) is 11.3 Å². The van der Waals surface area contributed by atoms with Crippen molar-refractivity contribution < 1.29 is 20.1 Å². The fourth-order valence-corrected chi connectivity index (χ4v) is 1.51. The molecule has 0 aliphatic heterocycles. The molecule has 1 heterocycles. The minimum absolute atomic E-state index is 0.00283. The minimum atomic E-state index is -1.35. The van der Waals surface area contributed by atoms with Crippen molar-refractivity contribution in [3.05, 3.63) is 28.5 Å². The third-order valence-electron chi connectivity index (χ3n) is 1.97. The molecule has 0 amide bonds. The Bertz CT molecular complexity index is 401. The molecule has 16 heavy (non-hydrogen) atoms. The number of carboxylic acid groups (broad SMARTS) is 1. The summed E-state index contributed by atoms with van der Waals surface area (Å²) in [4.78, 5) is 14.4. The highest BCUT2D eigenvalue weighted by Crippen LogP contribution is 2.22. The fourth-order valence-electron chi connectivity index (χ4n) is 1.16. The lowest BCUT2D eigenvalue weighted by Gasteiger charge is -2.17. The van der Waals surface area contributed by atoms with Crippen LogP contribution in [-0.4, -0.2) is 38.1 Å². The van der Waals surface area contributed by atoms with Gasteiger partial charge in [-0.15, -0.1) is 0 Å². The molecule has 0 radical (unpaired) electrons. The number of halogens is 1. The quantitative estimate of drug-likeness (QED) is 0.476. The highest BCUT2D eigenvalue weighted by atomic mass is 35.5. The number of aromatic nitrogens is 1. The Labute approximate surface area is 102 Å². The van der Waals surface area contributed by atoms with Gasteiger partial charge in [0.25, 0.3) is 0 Å². The first kappa shape index (κ1) is 13.2. The number of hydrogen-bond acceptors (Lipinski definition) is 5. The highest BCUT2D eigenvalue weighted by molar-refractivity contribution is 7.80. The summed E-state index contributed by atoms with van der Waals surface area (Å²) in [6.45, 7) is 0. The first-order valence-corrected chi connectivity index (χ1v) is 5.35. The molecule has 88 valence electrons. The van der Waals surface area contributed by atoms with E-state index in [0.717, 1.165) is 0 Å². The van der Waals surface area contributed by atoms with Gasteiger partial charge in [-0.25, -0.2) is 9.78 Å². The summed E-state index contributed by atoms with van der Waals surface area (Å²) >= 11 is 9.35. The van der Waals surface area contributed by atoms with Crippen molar-refractivity contribution in [3.63, 3.8) is 0 Å². The summed E-state index contributed by atoms with van der Waals surface area (Å²) in [5.74, 6) is -1.31. The van der Waals surface area contributed by atoms with Crippen LogP contribution in [0.25, 0.3) is 0 Å². The van der Waals surface area contributed by atoms with Gasteiger partial charge in [0.2, 0.25) is 0 Å². The zero-order valence-electron chi connectivity index (χ0n) is 8.04. The van der Waals surface area contributed by atoms with Crippen molar-refractivity contribution in [1.29, 1.82) is 0 Å². The van der Waals surface area contributed by atoms with Crippen LogP contribution in [0.15, 0.2) is 12.1 Å². The van der Waals surface area contributed by atoms with Crippen LogP contribution in [0.4, 0.5) is 0 Å². The van der Waals surface area contributed by atoms with Gasteiger partial charge in [0.15, 0.2) is 5.69 Å². The van der Waals surface area contributed by atoms with Gasteiger partial charge in [-0.1, -0.05) is 17.7 Å². The first-order chi connectivity index (χ1) is 7.47. The van der Waals surface area contributed by atoms with Crippen LogP contribution >= 0.6 is 24.2 Å². The average molecular weight is 264 g/mol. The summed E-state index contributed by atoms with van der Waals surface area (Å²) in [6.07, 6.45) is -2.52. The molecule has 0 fully saturated rings. The predicted molar refractivity (Wildman–Crippen MR) is 61.0 cm³/mol. The van der Waals surface area contributed by atoms with Crippen molar-refractivity contribution in [1.82, 2.24) is 4.98 Å². The molecule has 0 spiro atoms. The van der Waals surface area contributed by atoms with E-state index >= 15 is 0 Å². The maximum absolute atomic E-state index is 10.9. The lowest BCUT2D eigenvalue weighted by Crippen LogP contribution is -2.22. The molecule has 0 bridgehead atoms. The van der Waals surface area contributed by atoms with Crippen LogP contribution in [-0.2, 0) is 0 Å². The topological polar surface area (TPSA) is 90.7 Å². The van der Waals surface area contributed by atoms with Crippen molar-refractivity contribution in [2.24, 2.45) is 0 Å². The van der Waals surface area contributed by atoms with E-state index < -0.39 is 18.2 Å². The Morgan fingerprint density at radius 2 is 2.12 bits per heavy atom. The largest absolute Gasteiger partial charge is 0.476 e. The summed E-state index contributed by atoms with van der Waals surface area (Å²) in [6, 6.07) is 2.66. The van der Waals surface area contributed by atoms with Gasteiger partial charge in [0.05, 0.1) is 6.10 Å². The van der Waals surface area contributed by atoms with E-state index in [1.165, 1.54) is 12.1 Å². The van der Waals surface area contributed by atoms with Gasteiger partial charge in [-0.05, 0) is 6.07 Å². The van der Waals surface area contributed by atoms with Crippen LogP contribution in [0, 0.1) is 0 Å². The summed E-state index contributed by atoms with van der Waals surface area (Å²) < 4.78 is 0. The molecule has 3 N–H and O–H groups in total. The zero-order chi connectivity index (χ0) is 12.3. The average Bonchev–Trinajstić information content (AvgIpc) is 2.26. The molecule has 1 aromatic rings. The second kappa shape index (κ2) is 5.49. The van der Waals surface area contributed by atoms with E-state index in [9.17, 15) is 15.0 Å². The lowest BCUT2D eigenvalue weighted by atomic mass is 10.0. The number of nitrogens with zero attached hydrogens (tertiary/aromatic N) is 1. The van der Waals surface area contributed by atoms with E-state index in [2.05, 4.69) is 17.6 Å². The smallest absolute Gasteiger partial charge is 0.354 e. The molecule has 5 nitrogen and oxygen atoms in total. The number of carboxylic acids is 1. The highest BCUT2D eigenvalue weighted by Gasteiger charge is 2.24. The van der Waals surface area contributed by atoms with Crippen molar-refractivity contribution >= 4 is 30.2 Å². The zero-order valence-corrected chi connectivity index (χ0v) is 9.69.